The highest BCUT2D eigenvalue weighted by Gasteiger charge is 1.99. The number of nitrogens with one attached hydrogen (secondary N) is 1. The zero-order chi connectivity index (χ0) is 11.1. The zero-order valence-electron chi connectivity index (χ0n) is 8.94. The van der Waals surface area contributed by atoms with Crippen molar-refractivity contribution in [1.29, 1.82) is 0 Å². The molecule has 0 aliphatic carbocycles. The van der Waals surface area contributed by atoms with Crippen LogP contribution in [0.4, 0.5) is 0 Å². The van der Waals surface area contributed by atoms with E-state index in [2.05, 4.69) is 35.8 Å². The maximum absolute atomic E-state index is 9.23. The Morgan fingerprint density at radius 1 is 1.40 bits per heavy atom. The third-order valence-electron chi connectivity index (χ3n) is 2.14. The topological polar surface area (TPSA) is 58.3 Å². The van der Waals surface area contributed by atoms with E-state index >= 15 is 0 Å². The van der Waals surface area contributed by atoms with Gasteiger partial charge in [0.05, 0.1) is 6.10 Å². The highest BCUT2D eigenvalue weighted by Crippen LogP contribution is 2.14. The van der Waals surface area contributed by atoms with Crippen molar-refractivity contribution in [2.45, 2.75) is 17.5 Å². The van der Waals surface area contributed by atoms with Gasteiger partial charge in [-0.25, -0.2) is 0 Å². The van der Waals surface area contributed by atoms with E-state index in [1.54, 1.807) is 11.8 Å². The van der Waals surface area contributed by atoms with E-state index in [1.807, 2.05) is 0 Å². The quantitative estimate of drug-likeness (QED) is 0.629. The number of hydrogen-bond acceptors (Lipinski definition) is 4. The van der Waals surface area contributed by atoms with E-state index in [-0.39, 0.29) is 0 Å². The van der Waals surface area contributed by atoms with Crippen molar-refractivity contribution in [2.24, 2.45) is 5.73 Å². The van der Waals surface area contributed by atoms with Crippen molar-refractivity contribution < 1.29 is 5.11 Å². The Hall–Kier alpha value is -0.550. The second-order valence-corrected chi connectivity index (χ2v) is 4.25. The van der Waals surface area contributed by atoms with E-state index in [0.717, 1.165) is 6.54 Å². The fourth-order valence-electron chi connectivity index (χ4n) is 1.21. The van der Waals surface area contributed by atoms with E-state index in [0.29, 0.717) is 13.1 Å². The average Bonchev–Trinajstić information content (AvgIpc) is 2.29. The summed E-state index contributed by atoms with van der Waals surface area (Å²) in [6, 6.07) is 8.38. The number of nitrogens with two attached hydrogens (primary N) is 1. The Morgan fingerprint density at radius 3 is 2.60 bits per heavy atom. The molecular formula is C11H18N2OS. The van der Waals surface area contributed by atoms with Gasteiger partial charge in [-0.3, -0.25) is 0 Å². The van der Waals surface area contributed by atoms with Crippen molar-refractivity contribution in [2.75, 3.05) is 19.3 Å². The molecule has 3 nitrogen and oxygen atoms in total. The van der Waals surface area contributed by atoms with Gasteiger partial charge in [0.25, 0.3) is 0 Å². The maximum Gasteiger partial charge on any atom is 0.0786 e. The van der Waals surface area contributed by atoms with Crippen LogP contribution in [0.5, 0.6) is 0 Å². The standard InChI is InChI=1S/C11H18N2OS/c1-15-11-4-2-9(3-5-11)7-13-8-10(14)6-12/h2-5,10,13-14H,6-8,12H2,1H3. The maximum atomic E-state index is 9.23. The summed E-state index contributed by atoms with van der Waals surface area (Å²) in [7, 11) is 0. The lowest BCUT2D eigenvalue weighted by Gasteiger charge is -2.09. The van der Waals surface area contributed by atoms with Crippen LogP contribution in [-0.4, -0.2) is 30.6 Å². The molecule has 1 rings (SSSR count). The minimum Gasteiger partial charge on any atom is -0.390 e. The molecule has 0 heterocycles. The monoisotopic (exact) mass is 226 g/mol. The number of benzene rings is 1. The predicted octanol–water partition coefficient (Wildman–Crippen LogP) is 0.818. The van der Waals surface area contributed by atoms with Gasteiger partial charge < -0.3 is 16.2 Å². The van der Waals surface area contributed by atoms with Crippen molar-refractivity contribution >= 4 is 11.8 Å². The molecule has 1 aromatic carbocycles. The molecule has 0 saturated heterocycles. The van der Waals surface area contributed by atoms with E-state index in [1.165, 1.54) is 10.5 Å². The highest BCUT2D eigenvalue weighted by molar-refractivity contribution is 7.98. The molecule has 0 aliphatic heterocycles. The summed E-state index contributed by atoms with van der Waals surface area (Å²) >= 11 is 1.73. The molecule has 0 radical (unpaired) electrons. The molecule has 0 spiro atoms. The van der Waals surface area contributed by atoms with Crippen molar-refractivity contribution in [3.8, 4) is 0 Å². The first kappa shape index (κ1) is 12.5. The smallest absolute Gasteiger partial charge is 0.0786 e. The van der Waals surface area contributed by atoms with Crippen LogP contribution in [0.3, 0.4) is 0 Å². The Balaban J connectivity index is 2.31. The van der Waals surface area contributed by atoms with Crippen LogP contribution < -0.4 is 11.1 Å². The zero-order valence-corrected chi connectivity index (χ0v) is 9.76. The molecule has 1 aromatic rings. The molecule has 84 valence electrons. The van der Waals surface area contributed by atoms with Crippen molar-refractivity contribution in [1.82, 2.24) is 5.32 Å². The molecule has 0 amide bonds. The first-order valence-corrected chi connectivity index (χ1v) is 6.20. The van der Waals surface area contributed by atoms with Crippen molar-refractivity contribution in [3.63, 3.8) is 0 Å². The minimum absolute atomic E-state index is 0.304. The molecule has 0 fully saturated rings. The van der Waals surface area contributed by atoms with Gasteiger partial charge in [0.1, 0.15) is 0 Å². The van der Waals surface area contributed by atoms with E-state index < -0.39 is 6.10 Å². The van der Waals surface area contributed by atoms with Crippen LogP contribution in [0.25, 0.3) is 0 Å². The summed E-state index contributed by atoms with van der Waals surface area (Å²) in [4.78, 5) is 1.26. The lowest BCUT2D eigenvalue weighted by Crippen LogP contribution is -2.32. The largest absolute Gasteiger partial charge is 0.390 e. The van der Waals surface area contributed by atoms with E-state index in [4.69, 9.17) is 5.73 Å². The second kappa shape index (κ2) is 6.85. The molecule has 4 heteroatoms. The predicted molar refractivity (Wildman–Crippen MR) is 65.0 cm³/mol. The van der Waals surface area contributed by atoms with Crippen LogP contribution in [0, 0.1) is 0 Å². The summed E-state index contributed by atoms with van der Waals surface area (Å²) in [5, 5.41) is 12.4. The Labute approximate surface area is 95.1 Å². The van der Waals surface area contributed by atoms with Crippen LogP contribution in [-0.2, 0) is 6.54 Å². The van der Waals surface area contributed by atoms with E-state index in [9.17, 15) is 5.11 Å². The summed E-state index contributed by atoms with van der Waals surface area (Å²) in [5.41, 5.74) is 6.52. The normalized spacial score (nSPS) is 12.7. The fraction of sp³-hybridized carbons (Fsp3) is 0.455. The highest BCUT2D eigenvalue weighted by atomic mass is 32.2. The van der Waals surface area contributed by atoms with Gasteiger partial charge in [0.15, 0.2) is 0 Å². The van der Waals surface area contributed by atoms with Gasteiger partial charge in [0.2, 0.25) is 0 Å². The van der Waals surface area contributed by atoms with Gasteiger partial charge in [-0.15, -0.1) is 11.8 Å². The van der Waals surface area contributed by atoms with Gasteiger partial charge in [-0.1, -0.05) is 12.1 Å². The minimum atomic E-state index is -0.449. The fourth-order valence-corrected chi connectivity index (χ4v) is 1.62. The van der Waals surface area contributed by atoms with Gasteiger partial charge >= 0.3 is 0 Å². The molecule has 4 N–H and O–H groups in total. The SMILES string of the molecule is CSc1ccc(CNCC(O)CN)cc1. The summed E-state index contributed by atoms with van der Waals surface area (Å²) in [6.45, 7) is 1.62. The third-order valence-corrected chi connectivity index (χ3v) is 2.88. The van der Waals surface area contributed by atoms with Crippen LogP contribution in [0.15, 0.2) is 29.2 Å². The summed E-state index contributed by atoms with van der Waals surface area (Å²) < 4.78 is 0. The Morgan fingerprint density at radius 2 is 2.07 bits per heavy atom. The number of rotatable bonds is 6. The average molecular weight is 226 g/mol. The lowest BCUT2D eigenvalue weighted by atomic mass is 10.2. The lowest BCUT2D eigenvalue weighted by molar-refractivity contribution is 0.179. The molecule has 15 heavy (non-hydrogen) atoms. The van der Waals surface area contributed by atoms with Crippen LogP contribution in [0.1, 0.15) is 5.56 Å². The number of aliphatic hydroxyl groups excluding tert-OH is 1. The van der Waals surface area contributed by atoms with Gasteiger partial charge in [-0.05, 0) is 24.0 Å². The molecular weight excluding hydrogens is 208 g/mol. The first-order chi connectivity index (χ1) is 7.26. The summed E-state index contributed by atoms with van der Waals surface area (Å²) in [5.74, 6) is 0. The number of hydrogen-bond donors (Lipinski definition) is 3. The van der Waals surface area contributed by atoms with Crippen molar-refractivity contribution in [3.05, 3.63) is 29.8 Å². The third kappa shape index (κ3) is 4.66. The van der Waals surface area contributed by atoms with Crippen LogP contribution >= 0.6 is 11.8 Å². The molecule has 0 aliphatic rings. The second-order valence-electron chi connectivity index (χ2n) is 3.37. The molecule has 1 unspecified atom stereocenters. The number of aliphatic hydroxyl groups is 1. The van der Waals surface area contributed by atoms with Crippen LogP contribution in [0.2, 0.25) is 0 Å². The van der Waals surface area contributed by atoms with Gasteiger partial charge in [0, 0.05) is 24.5 Å². The van der Waals surface area contributed by atoms with Gasteiger partial charge in [-0.2, -0.15) is 0 Å². The molecule has 0 saturated carbocycles. The summed E-state index contributed by atoms with van der Waals surface area (Å²) in [6.07, 6.45) is 1.61. The molecule has 0 aromatic heterocycles. The molecule has 0 bridgehead atoms. The Kier molecular flexibility index (Phi) is 5.71. The Bertz CT molecular complexity index is 276. The number of thioether (sulfide) groups is 1. The molecule has 1 atom stereocenters. The first-order valence-electron chi connectivity index (χ1n) is 4.98.